The van der Waals surface area contributed by atoms with Crippen molar-refractivity contribution in [2.45, 2.75) is 13.8 Å². The molecule has 7 heteroatoms. The number of hydrogen-bond acceptors (Lipinski definition) is 5. The Bertz CT molecular complexity index is 1120. The van der Waals surface area contributed by atoms with Crippen LogP contribution in [0.3, 0.4) is 0 Å². The van der Waals surface area contributed by atoms with E-state index in [1.807, 2.05) is 73.3 Å². The number of ether oxygens (including phenoxy) is 1. The Hall–Kier alpha value is -2.90. The number of carbonyl (C=O) groups excluding carboxylic acids is 1. The van der Waals surface area contributed by atoms with Gasteiger partial charge in [-0.1, -0.05) is 42.2 Å². The molecule has 1 fully saturated rings. The summed E-state index contributed by atoms with van der Waals surface area (Å²) in [5.74, 6) is 0.677. The van der Waals surface area contributed by atoms with Crippen LogP contribution in [0.15, 0.2) is 59.6 Å². The number of aryl methyl sites for hydroxylation is 1. The summed E-state index contributed by atoms with van der Waals surface area (Å²) in [5.41, 5.74) is 4.57. The van der Waals surface area contributed by atoms with Gasteiger partial charge in [-0.05, 0) is 55.8 Å². The van der Waals surface area contributed by atoms with Crippen molar-refractivity contribution in [1.29, 1.82) is 0 Å². The molecule has 0 aliphatic carbocycles. The summed E-state index contributed by atoms with van der Waals surface area (Å²) in [4.78, 5) is 12.7. The van der Waals surface area contributed by atoms with Crippen molar-refractivity contribution < 1.29 is 9.53 Å². The lowest BCUT2D eigenvalue weighted by Gasteiger charge is -2.08. The molecule has 1 aliphatic rings. The van der Waals surface area contributed by atoms with Gasteiger partial charge in [0.1, 0.15) is 15.8 Å². The van der Waals surface area contributed by atoms with Gasteiger partial charge in [-0.25, -0.2) is 4.68 Å². The third-order valence-electron chi connectivity index (χ3n) is 4.44. The lowest BCUT2D eigenvalue weighted by Crippen LogP contribution is -2.17. The van der Waals surface area contributed by atoms with Crippen molar-refractivity contribution in [2.24, 2.45) is 0 Å². The number of rotatable bonds is 5. The Kier molecular flexibility index (Phi) is 5.51. The van der Waals surface area contributed by atoms with E-state index in [4.69, 9.17) is 22.1 Å². The number of aromatic nitrogens is 2. The van der Waals surface area contributed by atoms with E-state index in [0.717, 1.165) is 33.8 Å². The third-order valence-corrected chi connectivity index (χ3v) is 5.60. The fraction of sp³-hybridized carbons (Fsp3) is 0.136. The van der Waals surface area contributed by atoms with Gasteiger partial charge >= 0.3 is 0 Å². The van der Waals surface area contributed by atoms with Crippen LogP contribution in [0.1, 0.15) is 18.1 Å². The van der Waals surface area contributed by atoms with Crippen LogP contribution >= 0.6 is 24.0 Å². The summed E-state index contributed by atoms with van der Waals surface area (Å²) < 4.78 is 7.95. The maximum absolute atomic E-state index is 12.2. The first-order valence-electron chi connectivity index (χ1n) is 9.19. The van der Waals surface area contributed by atoms with Gasteiger partial charge in [0.2, 0.25) is 0 Å². The van der Waals surface area contributed by atoms with Crippen LogP contribution in [-0.4, -0.2) is 26.6 Å². The Balaban J connectivity index is 1.82. The smallest absolute Gasteiger partial charge is 0.263 e. The first-order valence-corrected chi connectivity index (χ1v) is 10.4. The lowest BCUT2D eigenvalue weighted by atomic mass is 10.0. The molecule has 1 aromatic heterocycles. The molecule has 4 rings (SSSR count). The third kappa shape index (κ3) is 4.11. The second-order valence-electron chi connectivity index (χ2n) is 6.48. The van der Waals surface area contributed by atoms with Crippen LogP contribution in [-0.2, 0) is 4.79 Å². The molecule has 2 heterocycles. The molecule has 2 aromatic carbocycles. The number of benzene rings is 2. The van der Waals surface area contributed by atoms with E-state index < -0.39 is 0 Å². The Labute approximate surface area is 178 Å². The monoisotopic (exact) mass is 421 g/mol. The molecule has 1 saturated heterocycles. The van der Waals surface area contributed by atoms with E-state index in [9.17, 15) is 4.79 Å². The number of para-hydroxylation sites is 1. The largest absolute Gasteiger partial charge is 0.494 e. The fourth-order valence-corrected chi connectivity index (χ4v) is 4.14. The highest BCUT2D eigenvalue weighted by atomic mass is 32.2. The molecule has 1 N–H and O–H groups in total. The van der Waals surface area contributed by atoms with Crippen LogP contribution in [0.2, 0.25) is 0 Å². The molecule has 0 radical (unpaired) electrons. The topological polar surface area (TPSA) is 56.1 Å². The fourth-order valence-electron chi connectivity index (χ4n) is 3.11. The molecule has 1 amide bonds. The molecule has 0 atom stereocenters. The number of amides is 1. The number of carbonyl (C=O) groups is 1. The highest BCUT2D eigenvalue weighted by Crippen LogP contribution is 2.32. The number of thioether (sulfide) groups is 1. The molecule has 0 spiro atoms. The van der Waals surface area contributed by atoms with Gasteiger partial charge < -0.3 is 10.1 Å². The molecule has 29 heavy (non-hydrogen) atoms. The molecule has 146 valence electrons. The molecule has 0 unspecified atom stereocenters. The molecule has 0 bridgehead atoms. The van der Waals surface area contributed by atoms with Crippen LogP contribution in [0.5, 0.6) is 5.75 Å². The van der Waals surface area contributed by atoms with Crippen molar-refractivity contribution in [3.05, 3.63) is 70.8 Å². The second kappa shape index (κ2) is 8.23. The average molecular weight is 422 g/mol. The molecule has 3 aromatic rings. The van der Waals surface area contributed by atoms with Gasteiger partial charge in [0, 0.05) is 17.3 Å². The number of thiocarbonyl (C=S) groups is 1. The van der Waals surface area contributed by atoms with Crippen LogP contribution in [0.25, 0.3) is 23.0 Å². The van der Waals surface area contributed by atoms with E-state index >= 15 is 0 Å². The van der Waals surface area contributed by atoms with Crippen molar-refractivity contribution in [3.63, 3.8) is 0 Å². The Morgan fingerprint density at radius 2 is 2.03 bits per heavy atom. The van der Waals surface area contributed by atoms with Crippen LogP contribution in [0, 0.1) is 6.92 Å². The van der Waals surface area contributed by atoms with Gasteiger partial charge in [0.15, 0.2) is 0 Å². The minimum Gasteiger partial charge on any atom is -0.494 e. The van der Waals surface area contributed by atoms with E-state index in [0.29, 0.717) is 15.8 Å². The van der Waals surface area contributed by atoms with E-state index in [2.05, 4.69) is 11.4 Å². The van der Waals surface area contributed by atoms with Gasteiger partial charge in [-0.3, -0.25) is 4.79 Å². The SMILES string of the molecule is CCOc1ccc(-c2nn(-c3ccccc3)cc2C=C2SC(=S)NC2=O)cc1C. The van der Waals surface area contributed by atoms with Crippen molar-refractivity contribution in [3.8, 4) is 22.7 Å². The number of hydrogen-bond donors (Lipinski definition) is 1. The van der Waals surface area contributed by atoms with Crippen LogP contribution in [0.4, 0.5) is 0 Å². The Morgan fingerprint density at radius 1 is 1.24 bits per heavy atom. The molecule has 0 saturated carbocycles. The summed E-state index contributed by atoms with van der Waals surface area (Å²) in [6, 6.07) is 15.9. The molecule has 1 aliphatic heterocycles. The summed E-state index contributed by atoms with van der Waals surface area (Å²) in [6.45, 7) is 4.60. The first kappa shape index (κ1) is 19.4. The van der Waals surface area contributed by atoms with Crippen LogP contribution < -0.4 is 10.1 Å². The summed E-state index contributed by atoms with van der Waals surface area (Å²) in [6.07, 6.45) is 3.77. The predicted octanol–water partition coefficient (Wildman–Crippen LogP) is 4.74. The normalized spacial score (nSPS) is 15.0. The zero-order chi connectivity index (χ0) is 20.4. The van der Waals surface area contributed by atoms with E-state index in [1.54, 1.807) is 0 Å². The Morgan fingerprint density at radius 3 is 2.69 bits per heavy atom. The van der Waals surface area contributed by atoms with Gasteiger partial charge in [0.25, 0.3) is 5.91 Å². The van der Waals surface area contributed by atoms with Gasteiger partial charge in [0.05, 0.1) is 17.2 Å². The average Bonchev–Trinajstić information content (AvgIpc) is 3.27. The molecule has 5 nitrogen and oxygen atoms in total. The van der Waals surface area contributed by atoms with Crippen molar-refractivity contribution in [2.75, 3.05) is 6.61 Å². The van der Waals surface area contributed by atoms with Crippen molar-refractivity contribution >= 4 is 40.3 Å². The maximum atomic E-state index is 12.2. The van der Waals surface area contributed by atoms with E-state index in [1.165, 1.54) is 11.8 Å². The minimum absolute atomic E-state index is 0.179. The first-order chi connectivity index (χ1) is 14.0. The lowest BCUT2D eigenvalue weighted by molar-refractivity contribution is -0.115. The highest BCUT2D eigenvalue weighted by molar-refractivity contribution is 8.26. The minimum atomic E-state index is -0.179. The standard InChI is InChI=1S/C22H19N3O2S2/c1-3-27-18-10-9-15(11-14(18)2)20-16(12-19-21(26)23-22(28)29-19)13-25(24-20)17-7-5-4-6-8-17/h4-13H,3H2,1-2H3,(H,23,26,28). The summed E-state index contributed by atoms with van der Waals surface area (Å²) in [7, 11) is 0. The summed E-state index contributed by atoms with van der Waals surface area (Å²) >= 11 is 6.37. The van der Waals surface area contributed by atoms with E-state index in [-0.39, 0.29) is 5.91 Å². The zero-order valence-electron chi connectivity index (χ0n) is 16.0. The zero-order valence-corrected chi connectivity index (χ0v) is 17.6. The number of nitrogens with one attached hydrogen (secondary N) is 1. The van der Waals surface area contributed by atoms with Crippen molar-refractivity contribution in [1.82, 2.24) is 15.1 Å². The maximum Gasteiger partial charge on any atom is 0.263 e. The van der Waals surface area contributed by atoms with Gasteiger partial charge in [-0.15, -0.1) is 0 Å². The summed E-state index contributed by atoms with van der Waals surface area (Å²) in [5, 5.41) is 7.47. The predicted molar refractivity (Wildman–Crippen MR) is 121 cm³/mol. The van der Waals surface area contributed by atoms with Gasteiger partial charge in [-0.2, -0.15) is 5.10 Å². The molecular formula is C22H19N3O2S2. The number of nitrogens with zero attached hydrogens (tertiary/aromatic N) is 2. The highest BCUT2D eigenvalue weighted by Gasteiger charge is 2.23. The quantitative estimate of drug-likeness (QED) is 0.477. The second-order valence-corrected chi connectivity index (χ2v) is 8.20. The molecular weight excluding hydrogens is 402 g/mol.